The van der Waals surface area contributed by atoms with Crippen molar-refractivity contribution < 1.29 is 9.18 Å². The average molecular weight is 264 g/mol. The molecule has 0 aliphatic heterocycles. The first kappa shape index (κ1) is 14.0. The molecule has 1 aromatic rings. The van der Waals surface area contributed by atoms with E-state index in [2.05, 4.69) is 24.5 Å². The van der Waals surface area contributed by atoms with Crippen molar-refractivity contribution in [2.45, 2.75) is 32.7 Å². The Kier molecular flexibility index (Phi) is 4.53. The summed E-state index contributed by atoms with van der Waals surface area (Å²) in [6.07, 6.45) is 1.80. The van der Waals surface area contributed by atoms with E-state index in [1.807, 2.05) is 6.07 Å². The molecule has 0 saturated carbocycles. The molecule has 0 bridgehead atoms. The fourth-order valence-corrected chi connectivity index (χ4v) is 2.39. The van der Waals surface area contributed by atoms with Crippen molar-refractivity contribution in [1.82, 2.24) is 10.6 Å². The van der Waals surface area contributed by atoms with Gasteiger partial charge >= 0.3 is 0 Å². The number of carbonyl (C=O) groups is 1. The number of aryl methyl sites for hydroxylation is 1. The van der Waals surface area contributed by atoms with Crippen molar-refractivity contribution in [3.8, 4) is 0 Å². The predicted molar refractivity (Wildman–Crippen MR) is 73.3 cm³/mol. The molecule has 2 rings (SSSR count). The van der Waals surface area contributed by atoms with Crippen molar-refractivity contribution >= 4 is 5.91 Å². The topological polar surface area (TPSA) is 41.1 Å². The third-order valence-electron chi connectivity index (χ3n) is 3.40. The SMILES string of the molecule is CC(C)CNC(=O)CNC1CCc2cc(F)ccc21. The van der Waals surface area contributed by atoms with Crippen molar-refractivity contribution in [3.63, 3.8) is 0 Å². The number of halogens is 1. The maximum atomic E-state index is 13.1. The molecular formula is C15H21FN2O. The summed E-state index contributed by atoms with van der Waals surface area (Å²) >= 11 is 0. The number of carbonyl (C=O) groups excluding carboxylic acids is 1. The number of rotatable bonds is 5. The number of nitrogens with one attached hydrogen (secondary N) is 2. The Balaban J connectivity index is 1.84. The lowest BCUT2D eigenvalue weighted by Crippen LogP contribution is -2.36. The highest BCUT2D eigenvalue weighted by atomic mass is 19.1. The van der Waals surface area contributed by atoms with Crippen molar-refractivity contribution in [2.75, 3.05) is 13.1 Å². The molecular weight excluding hydrogens is 243 g/mol. The van der Waals surface area contributed by atoms with Gasteiger partial charge in [-0.05, 0) is 42.0 Å². The van der Waals surface area contributed by atoms with Crippen LogP contribution in [-0.2, 0) is 11.2 Å². The van der Waals surface area contributed by atoms with Crippen molar-refractivity contribution in [2.24, 2.45) is 5.92 Å². The van der Waals surface area contributed by atoms with Crippen LogP contribution in [-0.4, -0.2) is 19.0 Å². The normalized spacial score (nSPS) is 17.6. The van der Waals surface area contributed by atoms with Crippen molar-refractivity contribution in [1.29, 1.82) is 0 Å². The molecule has 0 saturated heterocycles. The van der Waals surface area contributed by atoms with E-state index in [0.717, 1.165) is 24.0 Å². The molecule has 1 aromatic carbocycles. The Morgan fingerprint density at radius 1 is 1.47 bits per heavy atom. The summed E-state index contributed by atoms with van der Waals surface area (Å²) in [6.45, 7) is 5.14. The van der Waals surface area contributed by atoms with Gasteiger partial charge in [0.2, 0.25) is 5.91 Å². The molecule has 1 atom stereocenters. The second kappa shape index (κ2) is 6.15. The largest absolute Gasteiger partial charge is 0.355 e. The van der Waals surface area contributed by atoms with Gasteiger partial charge < -0.3 is 10.6 Å². The van der Waals surface area contributed by atoms with Gasteiger partial charge in [-0.2, -0.15) is 0 Å². The van der Waals surface area contributed by atoms with E-state index in [0.29, 0.717) is 19.0 Å². The van der Waals surface area contributed by atoms with E-state index in [-0.39, 0.29) is 17.8 Å². The lowest BCUT2D eigenvalue weighted by molar-refractivity contribution is -0.120. The Morgan fingerprint density at radius 3 is 3.00 bits per heavy atom. The van der Waals surface area contributed by atoms with Gasteiger partial charge in [0.05, 0.1) is 6.54 Å². The molecule has 4 heteroatoms. The molecule has 1 amide bonds. The Morgan fingerprint density at radius 2 is 2.26 bits per heavy atom. The summed E-state index contributed by atoms with van der Waals surface area (Å²) in [7, 11) is 0. The molecule has 0 radical (unpaired) electrons. The average Bonchev–Trinajstić information content (AvgIpc) is 2.76. The number of hydrogen-bond acceptors (Lipinski definition) is 2. The van der Waals surface area contributed by atoms with Crippen LogP contribution in [0.4, 0.5) is 4.39 Å². The highest BCUT2D eigenvalue weighted by molar-refractivity contribution is 5.78. The first-order valence-electron chi connectivity index (χ1n) is 6.84. The summed E-state index contributed by atoms with van der Waals surface area (Å²) in [6, 6.07) is 5.06. The van der Waals surface area contributed by atoms with E-state index >= 15 is 0 Å². The lowest BCUT2D eigenvalue weighted by Gasteiger charge is -2.14. The molecule has 0 heterocycles. The monoisotopic (exact) mass is 264 g/mol. The smallest absolute Gasteiger partial charge is 0.233 e. The zero-order chi connectivity index (χ0) is 13.8. The minimum absolute atomic E-state index is 0.0178. The quantitative estimate of drug-likeness (QED) is 0.856. The molecule has 1 unspecified atom stereocenters. The molecule has 3 nitrogen and oxygen atoms in total. The number of hydrogen-bond donors (Lipinski definition) is 2. The summed E-state index contributed by atoms with van der Waals surface area (Å²) in [5.74, 6) is 0.289. The fraction of sp³-hybridized carbons (Fsp3) is 0.533. The second-order valence-electron chi connectivity index (χ2n) is 5.51. The van der Waals surface area contributed by atoms with Gasteiger partial charge in [-0.25, -0.2) is 4.39 Å². The van der Waals surface area contributed by atoms with Gasteiger partial charge in [0.25, 0.3) is 0 Å². The van der Waals surface area contributed by atoms with Crippen LogP contribution in [0.25, 0.3) is 0 Å². The first-order valence-corrected chi connectivity index (χ1v) is 6.84. The van der Waals surface area contributed by atoms with Gasteiger partial charge in [0.15, 0.2) is 0 Å². The zero-order valence-corrected chi connectivity index (χ0v) is 11.5. The second-order valence-corrected chi connectivity index (χ2v) is 5.51. The van der Waals surface area contributed by atoms with Crippen LogP contribution < -0.4 is 10.6 Å². The summed E-state index contributed by atoms with van der Waals surface area (Å²) < 4.78 is 13.1. The van der Waals surface area contributed by atoms with E-state index < -0.39 is 0 Å². The minimum atomic E-state index is -0.186. The molecule has 0 spiro atoms. The van der Waals surface area contributed by atoms with Gasteiger partial charge in [0, 0.05) is 12.6 Å². The van der Waals surface area contributed by atoms with E-state index in [1.165, 1.54) is 6.07 Å². The van der Waals surface area contributed by atoms with Crippen molar-refractivity contribution in [3.05, 3.63) is 35.1 Å². The molecule has 1 aliphatic carbocycles. The van der Waals surface area contributed by atoms with Gasteiger partial charge in [-0.1, -0.05) is 19.9 Å². The van der Waals surface area contributed by atoms with Crippen LogP contribution in [0.1, 0.15) is 37.4 Å². The Bertz CT molecular complexity index is 459. The minimum Gasteiger partial charge on any atom is -0.355 e. The summed E-state index contributed by atoms with van der Waals surface area (Å²) in [5, 5.41) is 6.12. The Labute approximate surface area is 113 Å². The molecule has 1 aliphatic rings. The summed E-state index contributed by atoms with van der Waals surface area (Å²) in [4.78, 5) is 11.6. The highest BCUT2D eigenvalue weighted by Crippen LogP contribution is 2.31. The molecule has 19 heavy (non-hydrogen) atoms. The number of amides is 1. The van der Waals surface area contributed by atoms with Crippen LogP contribution in [0.5, 0.6) is 0 Å². The Hall–Kier alpha value is -1.42. The van der Waals surface area contributed by atoms with Crippen LogP contribution in [0.15, 0.2) is 18.2 Å². The maximum Gasteiger partial charge on any atom is 0.233 e. The van der Waals surface area contributed by atoms with Crippen LogP contribution in [0, 0.1) is 11.7 Å². The highest BCUT2D eigenvalue weighted by Gasteiger charge is 2.22. The molecule has 0 fully saturated rings. The van der Waals surface area contributed by atoms with Crippen LogP contribution in [0.2, 0.25) is 0 Å². The standard InChI is InChI=1S/C15H21FN2O/c1-10(2)8-18-15(19)9-17-14-6-3-11-7-12(16)4-5-13(11)14/h4-5,7,10,14,17H,3,6,8-9H2,1-2H3,(H,18,19). The fourth-order valence-electron chi connectivity index (χ4n) is 2.39. The molecule has 104 valence electrons. The zero-order valence-electron chi connectivity index (χ0n) is 11.5. The van der Waals surface area contributed by atoms with Gasteiger partial charge in [0.1, 0.15) is 5.82 Å². The molecule has 0 aromatic heterocycles. The first-order chi connectivity index (χ1) is 9.06. The predicted octanol–water partition coefficient (Wildman–Crippen LogP) is 2.17. The lowest BCUT2D eigenvalue weighted by atomic mass is 10.1. The molecule has 2 N–H and O–H groups in total. The van der Waals surface area contributed by atoms with Crippen LogP contribution in [0.3, 0.4) is 0 Å². The van der Waals surface area contributed by atoms with Gasteiger partial charge in [-0.15, -0.1) is 0 Å². The van der Waals surface area contributed by atoms with Gasteiger partial charge in [-0.3, -0.25) is 4.79 Å². The number of benzene rings is 1. The number of fused-ring (bicyclic) bond motifs is 1. The van der Waals surface area contributed by atoms with Crippen LogP contribution >= 0.6 is 0 Å². The maximum absolute atomic E-state index is 13.1. The third-order valence-corrected chi connectivity index (χ3v) is 3.40. The van der Waals surface area contributed by atoms with E-state index in [9.17, 15) is 9.18 Å². The third kappa shape index (κ3) is 3.77. The summed E-state index contributed by atoms with van der Waals surface area (Å²) in [5.41, 5.74) is 2.18. The van der Waals surface area contributed by atoms with E-state index in [1.54, 1.807) is 6.07 Å². The van der Waals surface area contributed by atoms with E-state index in [4.69, 9.17) is 0 Å².